The predicted octanol–water partition coefficient (Wildman–Crippen LogP) is 1.67. The number of aromatic nitrogens is 1. The molecule has 0 saturated carbocycles. The molecular formula is C10H9F3N2. The summed E-state index contributed by atoms with van der Waals surface area (Å²) in [4.78, 5) is 3.28. The number of rotatable bonds is 1. The van der Waals surface area contributed by atoms with Crippen LogP contribution in [0.5, 0.6) is 0 Å². The highest BCUT2D eigenvalue weighted by molar-refractivity contribution is 5.33. The Morgan fingerprint density at radius 2 is 2.13 bits per heavy atom. The number of halogens is 3. The van der Waals surface area contributed by atoms with E-state index in [9.17, 15) is 13.2 Å². The van der Waals surface area contributed by atoms with Crippen molar-refractivity contribution in [2.45, 2.75) is 6.18 Å². The lowest BCUT2D eigenvalue weighted by Gasteiger charge is -2.03. The molecule has 15 heavy (non-hydrogen) atoms. The molecule has 0 radical (unpaired) electrons. The topological polar surface area (TPSA) is 24.9 Å². The molecule has 1 rings (SSSR count). The molecule has 1 heterocycles. The van der Waals surface area contributed by atoms with Crippen molar-refractivity contribution in [1.29, 1.82) is 0 Å². The van der Waals surface area contributed by atoms with Gasteiger partial charge in [-0.05, 0) is 19.2 Å². The largest absolute Gasteiger partial charge is 0.433 e. The van der Waals surface area contributed by atoms with Gasteiger partial charge in [0.2, 0.25) is 0 Å². The van der Waals surface area contributed by atoms with Gasteiger partial charge in [0.15, 0.2) is 0 Å². The van der Waals surface area contributed by atoms with E-state index in [1.807, 2.05) is 0 Å². The van der Waals surface area contributed by atoms with E-state index in [4.69, 9.17) is 0 Å². The van der Waals surface area contributed by atoms with Crippen molar-refractivity contribution in [3.63, 3.8) is 0 Å². The van der Waals surface area contributed by atoms with Gasteiger partial charge in [-0.1, -0.05) is 11.8 Å². The number of alkyl halides is 3. The van der Waals surface area contributed by atoms with Crippen molar-refractivity contribution >= 4 is 0 Å². The second-order valence-corrected chi connectivity index (χ2v) is 2.76. The molecule has 0 fully saturated rings. The van der Waals surface area contributed by atoms with Crippen LogP contribution < -0.4 is 5.32 Å². The van der Waals surface area contributed by atoms with Gasteiger partial charge in [-0.2, -0.15) is 13.2 Å². The predicted molar refractivity (Wildman–Crippen MR) is 50.0 cm³/mol. The smallest absolute Gasteiger partial charge is 0.309 e. The Morgan fingerprint density at radius 1 is 1.40 bits per heavy atom. The quantitative estimate of drug-likeness (QED) is 0.719. The van der Waals surface area contributed by atoms with Crippen LogP contribution in [0.2, 0.25) is 0 Å². The zero-order valence-electron chi connectivity index (χ0n) is 8.02. The monoisotopic (exact) mass is 214 g/mol. The molecule has 0 spiro atoms. The maximum Gasteiger partial charge on any atom is 0.433 e. The van der Waals surface area contributed by atoms with Crippen LogP contribution in [-0.2, 0) is 6.18 Å². The average Bonchev–Trinajstić information content (AvgIpc) is 2.18. The molecule has 0 amide bonds. The summed E-state index contributed by atoms with van der Waals surface area (Å²) in [6.45, 7) is 0.487. The summed E-state index contributed by atoms with van der Waals surface area (Å²) in [5.41, 5.74) is -0.431. The minimum atomic E-state index is -4.39. The molecule has 0 bridgehead atoms. The molecule has 0 saturated heterocycles. The van der Waals surface area contributed by atoms with E-state index < -0.39 is 11.9 Å². The standard InChI is InChI=1S/C10H9F3N2/c1-14-6-2-3-8-4-5-9(15-7-8)10(11,12)13/h4-5,7,14H,6H2,1H3. The lowest BCUT2D eigenvalue weighted by atomic mass is 10.2. The Labute approximate surface area is 85.5 Å². The van der Waals surface area contributed by atoms with E-state index in [-0.39, 0.29) is 0 Å². The summed E-state index contributed by atoms with van der Waals surface area (Å²) in [5, 5.41) is 2.80. The minimum Gasteiger partial charge on any atom is -0.309 e. The van der Waals surface area contributed by atoms with Crippen LogP contribution in [0, 0.1) is 11.8 Å². The van der Waals surface area contributed by atoms with E-state index in [0.29, 0.717) is 12.1 Å². The maximum absolute atomic E-state index is 12.1. The summed E-state index contributed by atoms with van der Waals surface area (Å²) in [5.74, 6) is 5.41. The van der Waals surface area contributed by atoms with Gasteiger partial charge >= 0.3 is 6.18 Å². The third kappa shape index (κ3) is 3.60. The minimum absolute atomic E-state index is 0.471. The van der Waals surface area contributed by atoms with E-state index in [1.54, 1.807) is 7.05 Å². The molecule has 0 aromatic carbocycles. The van der Waals surface area contributed by atoms with Crippen molar-refractivity contribution in [3.05, 3.63) is 29.6 Å². The Kier molecular flexibility index (Phi) is 3.69. The molecule has 1 N–H and O–H groups in total. The number of hydrogen-bond donors (Lipinski definition) is 1. The third-order valence-electron chi connectivity index (χ3n) is 1.55. The second-order valence-electron chi connectivity index (χ2n) is 2.76. The summed E-state index contributed by atoms with van der Waals surface area (Å²) in [6, 6.07) is 2.22. The molecule has 1 aromatic rings. The zero-order valence-corrected chi connectivity index (χ0v) is 8.02. The molecule has 0 aliphatic carbocycles. The molecule has 0 aliphatic rings. The van der Waals surface area contributed by atoms with E-state index >= 15 is 0 Å². The summed E-state index contributed by atoms with van der Waals surface area (Å²) < 4.78 is 36.4. The molecule has 1 aromatic heterocycles. The van der Waals surface area contributed by atoms with Gasteiger partial charge in [0.1, 0.15) is 5.69 Å². The van der Waals surface area contributed by atoms with Crippen molar-refractivity contribution in [1.82, 2.24) is 10.3 Å². The van der Waals surface area contributed by atoms with Crippen molar-refractivity contribution in [2.24, 2.45) is 0 Å². The SMILES string of the molecule is CNCC#Cc1ccc(C(F)(F)F)nc1. The second kappa shape index (κ2) is 4.80. The summed E-state index contributed by atoms with van der Waals surface area (Å²) in [7, 11) is 1.74. The molecule has 0 unspecified atom stereocenters. The molecule has 5 heteroatoms. The van der Waals surface area contributed by atoms with Crippen molar-refractivity contribution in [3.8, 4) is 11.8 Å². The molecule has 0 atom stereocenters. The van der Waals surface area contributed by atoms with Crippen LogP contribution in [-0.4, -0.2) is 18.6 Å². The lowest BCUT2D eigenvalue weighted by molar-refractivity contribution is -0.141. The van der Waals surface area contributed by atoms with Crippen molar-refractivity contribution in [2.75, 3.05) is 13.6 Å². The average molecular weight is 214 g/mol. The van der Waals surface area contributed by atoms with Crippen molar-refractivity contribution < 1.29 is 13.2 Å². The van der Waals surface area contributed by atoms with Gasteiger partial charge in [0.25, 0.3) is 0 Å². The first-order valence-corrected chi connectivity index (χ1v) is 4.21. The molecular weight excluding hydrogens is 205 g/mol. The zero-order chi connectivity index (χ0) is 11.3. The normalized spacial score (nSPS) is 10.7. The van der Waals surface area contributed by atoms with Crippen LogP contribution in [0.25, 0.3) is 0 Å². The first kappa shape index (κ1) is 11.5. The van der Waals surface area contributed by atoms with Gasteiger partial charge in [-0.3, -0.25) is 4.98 Å². The van der Waals surface area contributed by atoms with Crippen LogP contribution in [0.3, 0.4) is 0 Å². The first-order valence-electron chi connectivity index (χ1n) is 4.21. The number of nitrogens with zero attached hydrogens (tertiary/aromatic N) is 1. The highest BCUT2D eigenvalue weighted by Crippen LogP contribution is 2.26. The molecule has 0 aliphatic heterocycles. The maximum atomic E-state index is 12.1. The van der Waals surface area contributed by atoms with Crippen LogP contribution in [0.1, 0.15) is 11.3 Å². The van der Waals surface area contributed by atoms with E-state index in [2.05, 4.69) is 22.1 Å². The van der Waals surface area contributed by atoms with Gasteiger partial charge in [0.05, 0.1) is 6.54 Å². The number of hydrogen-bond acceptors (Lipinski definition) is 2. The summed E-state index contributed by atoms with van der Waals surface area (Å²) >= 11 is 0. The third-order valence-corrected chi connectivity index (χ3v) is 1.55. The Hall–Kier alpha value is -1.54. The van der Waals surface area contributed by atoms with Crippen LogP contribution in [0.4, 0.5) is 13.2 Å². The number of pyridine rings is 1. The fourth-order valence-corrected chi connectivity index (χ4v) is 0.870. The van der Waals surface area contributed by atoms with E-state index in [1.165, 1.54) is 6.07 Å². The Morgan fingerprint density at radius 3 is 2.60 bits per heavy atom. The van der Waals surface area contributed by atoms with Crippen LogP contribution >= 0.6 is 0 Å². The fraction of sp³-hybridized carbons (Fsp3) is 0.300. The Bertz CT molecular complexity index is 370. The first-order chi connectivity index (χ1) is 7.04. The lowest BCUT2D eigenvalue weighted by Crippen LogP contribution is -2.07. The highest BCUT2D eigenvalue weighted by atomic mass is 19.4. The summed E-state index contributed by atoms with van der Waals surface area (Å²) in [6.07, 6.45) is -3.28. The van der Waals surface area contributed by atoms with Gasteiger partial charge in [-0.25, -0.2) is 0 Å². The van der Waals surface area contributed by atoms with Gasteiger partial charge in [-0.15, -0.1) is 0 Å². The fourth-order valence-electron chi connectivity index (χ4n) is 0.870. The number of nitrogens with one attached hydrogen (secondary N) is 1. The molecule has 80 valence electrons. The van der Waals surface area contributed by atoms with E-state index in [0.717, 1.165) is 12.3 Å². The highest BCUT2D eigenvalue weighted by Gasteiger charge is 2.31. The van der Waals surface area contributed by atoms with Crippen LogP contribution in [0.15, 0.2) is 18.3 Å². The van der Waals surface area contributed by atoms with Gasteiger partial charge < -0.3 is 5.32 Å². The van der Waals surface area contributed by atoms with Gasteiger partial charge in [0, 0.05) is 11.8 Å². The Balaban J connectivity index is 2.79. The molecule has 2 nitrogen and oxygen atoms in total.